The van der Waals surface area contributed by atoms with Crippen molar-refractivity contribution >= 4 is 11.8 Å². The second-order valence-corrected chi connectivity index (χ2v) is 4.05. The lowest BCUT2D eigenvalue weighted by Gasteiger charge is -2.07. The number of carbonyl (C=O) groups excluding carboxylic acids is 2. The molecule has 0 aliphatic rings. The van der Waals surface area contributed by atoms with Gasteiger partial charge in [-0.1, -0.05) is 13.8 Å². The minimum absolute atomic E-state index is 0.109. The smallest absolute Gasteiger partial charge is 0.229 e. The zero-order chi connectivity index (χ0) is 12.4. The van der Waals surface area contributed by atoms with Gasteiger partial charge in [-0.05, 0) is 12.3 Å². The third-order valence-electron chi connectivity index (χ3n) is 1.99. The highest BCUT2D eigenvalue weighted by atomic mass is 16.5. The first-order valence-corrected chi connectivity index (χ1v) is 5.58. The number of nitrogens with one attached hydrogen (secondary N) is 2. The van der Waals surface area contributed by atoms with E-state index in [1.165, 1.54) is 0 Å². The first kappa shape index (κ1) is 14.9. The summed E-state index contributed by atoms with van der Waals surface area (Å²) < 4.78 is 4.77. The van der Waals surface area contributed by atoms with Gasteiger partial charge in [-0.2, -0.15) is 0 Å². The van der Waals surface area contributed by atoms with Crippen molar-refractivity contribution in [3.05, 3.63) is 0 Å². The molecule has 0 aromatic carbocycles. The lowest BCUT2D eigenvalue weighted by molar-refractivity contribution is -0.129. The highest BCUT2D eigenvalue weighted by Gasteiger charge is 2.08. The Bertz CT molecular complexity index is 217. The number of hydrogen-bond donors (Lipinski definition) is 2. The minimum atomic E-state index is -0.265. The van der Waals surface area contributed by atoms with E-state index in [0.717, 1.165) is 6.42 Å². The fourth-order valence-electron chi connectivity index (χ4n) is 1.06. The molecule has 0 bridgehead atoms. The van der Waals surface area contributed by atoms with Gasteiger partial charge in [0.15, 0.2) is 0 Å². The van der Waals surface area contributed by atoms with Crippen molar-refractivity contribution in [3.8, 4) is 0 Å². The number of ether oxygens (including phenoxy) is 1. The predicted octanol–water partition coefficient (Wildman–Crippen LogP) is 0.301. The topological polar surface area (TPSA) is 67.4 Å². The summed E-state index contributed by atoms with van der Waals surface area (Å²) in [5.74, 6) is 0.0606. The third-order valence-corrected chi connectivity index (χ3v) is 1.99. The van der Waals surface area contributed by atoms with E-state index >= 15 is 0 Å². The van der Waals surface area contributed by atoms with Crippen molar-refractivity contribution in [2.24, 2.45) is 5.92 Å². The summed E-state index contributed by atoms with van der Waals surface area (Å²) in [5.41, 5.74) is 0. The summed E-state index contributed by atoms with van der Waals surface area (Å²) in [4.78, 5) is 22.5. The first-order valence-electron chi connectivity index (χ1n) is 5.58. The standard InChI is InChI=1S/C11H22N2O3/c1-9(2)4-5-12-10(14)8-11(15)13-6-7-16-3/h9H,4-8H2,1-3H3,(H,12,14)(H,13,15). The van der Waals surface area contributed by atoms with Gasteiger partial charge in [0.05, 0.1) is 6.61 Å². The van der Waals surface area contributed by atoms with Crippen LogP contribution in [0.25, 0.3) is 0 Å². The molecule has 0 unspecified atom stereocenters. The van der Waals surface area contributed by atoms with Crippen molar-refractivity contribution < 1.29 is 14.3 Å². The average Bonchev–Trinajstić information content (AvgIpc) is 2.17. The summed E-state index contributed by atoms with van der Waals surface area (Å²) >= 11 is 0. The van der Waals surface area contributed by atoms with Crippen molar-refractivity contribution in [1.82, 2.24) is 10.6 Å². The summed E-state index contributed by atoms with van der Waals surface area (Å²) in [7, 11) is 1.56. The van der Waals surface area contributed by atoms with Gasteiger partial charge in [0.25, 0.3) is 0 Å². The molecular weight excluding hydrogens is 208 g/mol. The number of carbonyl (C=O) groups is 2. The van der Waals surface area contributed by atoms with Crippen molar-refractivity contribution in [2.75, 3.05) is 26.8 Å². The zero-order valence-corrected chi connectivity index (χ0v) is 10.3. The molecule has 0 fully saturated rings. The van der Waals surface area contributed by atoms with Gasteiger partial charge >= 0.3 is 0 Å². The fraction of sp³-hybridized carbons (Fsp3) is 0.818. The molecule has 0 aliphatic heterocycles. The van der Waals surface area contributed by atoms with Crippen LogP contribution in [0.3, 0.4) is 0 Å². The Kier molecular flexibility index (Phi) is 8.52. The van der Waals surface area contributed by atoms with Crippen molar-refractivity contribution in [1.29, 1.82) is 0 Å². The van der Waals surface area contributed by atoms with E-state index in [1.54, 1.807) is 7.11 Å². The van der Waals surface area contributed by atoms with E-state index in [4.69, 9.17) is 4.74 Å². The van der Waals surface area contributed by atoms with Gasteiger partial charge in [-0.3, -0.25) is 9.59 Å². The van der Waals surface area contributed by atoms with E-state index in [9.17, 15) is 9.59 Å². The second kappa shape index (κ2) is 9.15. The number of hydrogen-bond acceptors (Lipinski definition) is 3. The Balaban J connectivity index is 3.50. The molecule has 0 rings (SSSR count). The molecule has 2 N–H and O–H groups in total. The van der Waals surface area contributed by atoms with E-state index in [2.05, 4.69) is 24.5 Å². The quantitative estimate of drug-likeness (QED) is 0.465. The molecule has 0 aliphatic carbocycles. The summed E-state index contributed by atoms with van der Waals surface area (Å²) in [6.07, 6.45) is 0.818. The van der Waals surface area contributed by atoms with Crippen LogP contribution in [0.4, 0.5) is 0 Å². The molecule has 16 heavy (non-hydrogen) atoms. The van der Waals surface area contributed by atoms with Crippen LogP contribution in [0, 0.1) is 5.92 Å². The molecule has 0 aromatic heterocycles. The largest absolute Gasteiger partial charge is 0.383 e. The number of amides is 2. The summed E-state index contributed by atoms with van der Waals surface area (Å²) in [5, 5.41) is 5.29. The maximum atomic E-state index is 11.3. The van der Waals surface area contributed by atoms with Crippen LogP contribution in [0.15, 0.2) is 0 Å². The van der Waals surface area contributed by atoms with Crippen LogP contribution in [0.1, 0.15) is 26.7 Å². The van der Waals surface area contributed by atoms with Gasteiger partial charge in [-0.25, -0.2) is 0 Å². The van der Waals surface area contributed by atoms with E-state index in [1.807, 2.05) is 0 Å². The molecule has 0 saturated carbocycles. The van der Waals surface area contributed by atoms with Crippen LogP contribution in [0.5, 0.6) is 0 Å². The molecule has 0 spiro atoms. The third kappa shape index (κ3) is 9.45. The SMILES string of the molecule is COCCNC(=O)CC(=O)NCCC(C)C. The first-order chi connectivity index (χ1) is 7.56. The van der Waals surface area contributed by atoms with Crippen LogP contribution in [-0.4, -0.2) is 38.6 Å². The molecule has 2 amide bonds. The van der Waals surface area contributed by atoms with Gasteiger partial charge in [-0.15, -0.1) is 0 Å². The predicted molar refractivity (Wildman–Crippen MR) is 62.0 cm³/mol. The van der Waals surface area contributed by atoms with Gasteiger partial charge < -0.3 is 15.4 Å². The van der Waals surface area contributed by atoms with Crippen molar-refractivity contribution in [2.45, 2.75) is 26.7 Å². The highest BCUT2D eigenvalue weighted by molar-refractivity contribution is 5.96. The lowest BCUT2D eigenvalue weighted by Crippen LogP contribution is -2.34. The Morgan fingerprint density at radius 2 is 1.69 bits per heavy atom. The van der Waals surface area contributed by atoms with Crippen LogP contribution >= 0.6 is 0 Å². The zero-order valence-electron chi connectivity index (χ0n) is 10.3. The van der Waals surface area contributed by atoms with E-state index in [0.29, 0.717) is 25.6 Å². The summed E-state index contributed by atoms with van der Waals surface area (Å²) in [6, 6.07) is 0. The minimum Gasteiger partial charge on any atom is -0.383 e. The van der Waals surface area contributed by atoms with Crippen LogP contribution in [-0.2, 0) is 14.3 Å². The molecule has 94 valence electrons. The molecule has 0 atom stereocenters. The normalized spacial score (nSPS) is 10.2. The van der Waals surface area contributed by atoms with Gasteiger partial charge in [0, 0.05) is 20.2 Å². The average molecular weight is 230 g/mol. The maximum Gasteiger partial charge on any atom is 0.229 e. The molecular formula is C11H22N2O3. The maximum absolute atomic E-state index is 11.3. The monoisotopic (exact) mass is 230 g/mol. The molecule has 0 radical (unpaired) electrons. The van der Waals surface area contributed by atoms with Crippen LogP contribution < -0.4 is 10.6 Å². The Morgan fingerprint density at radius 1 is 1.12 bits per heavy atom. The summed E-state index contributed by atoms with van der Waals surface area (Å²) in [6.45, 7) is 5.70. The second-order valence-electron chi connectivity index (χ2n) is 4.05. The number of methoxy groups -OCH3 is 1. The molecule has 0 aromatic rings. The van der Waals surface area contributed by atoms with Crippen molar-refractivity contribution in [3.63, 3.8) is 0 Å². The molecule has 5 nitrogen and oxygen atoms in total. The van der Waals surface area contributed by atoms with Gasteiger partial charge in [0.2, 0.25) is 11.8 Å². The van der Waals surface area contributed by atoms with Crippen LogP contribution in [0.2, 0.25) is 0 Å². The molecule has 0 heterocycles. The van der Waals surface area contributed by atoms with E-state index < -0.39 is 0 Å². The highest BCUT2D eigenvalue weighted by Crippen LogP contribution is 1.96. The fourth-order valence-corrected chi connectivity index (χ4v) is 1.06. The number of rotatable bonds is 8. The Labute approximate surface area is 96.9 Å². The lowest BCUT2D eigenvalue weighted by atomic mass is 10.1. The van der Waals surface area contributed by atoms with Gasteiger partial charge in [0.1, 0.15) is 6.42 Å². The Hall–Kier alpha value is -1.10. The van der Waals surface area contributed by atoms with E-state index in [-0.39, 0.29) is 18.2 Å². The molecule has 0 saturated heterocycles. The molecule has 5 heteroatoms. The Morgan fingerprint density at radius 3 is 2.19 bits per heavy atom.